The molecule has 1 amide bonds. The molecule has 0 aliphatic carbocycles. The molecular weight excluding hydrogens is 384 g/mol. The van der Waals surface area contributed by atoms with Crippen molar-refractivity contribution < 1.29 is 23.7 Å². The molecule has 2 heterocycles. The van der Waals surface area contributed by atoms with E-state index in [1.165, 1.54) is 6.08 Å². The number of rotatable bonds is 5. The van der Waals surface area contributed by atoms with E-state index in [-0.39, 0.29) is 11.7 Å². The first kappa shape index (κ1) is 19.6. The van der Waals surface area contributed by atoms with E-state index in [9.17, 15) is 10.1 Å². The van der Waals surface area contributed by atoms with Crippen LogP contribution in [0.3, 0.4) is 0 Å². The van der Waals surface area contributed by atoms with E-state index in [1.54, 1.807) is 18.2 Å². The van der Waals surface area contributed by atoms with Gasteiger partial charge >= 0.3 is 0 Å². The van der Waals surface area contributed by atoms with Gasteiger partial charge in [0.1, 0.15) is 42.5 Å². The fraction of sp³-hybridized carbons (Fsp3) is 0.304. The molecule has 0 radical (unpaired) electrons. The third-order valence-electron chi connectivity index (χ3n) is 4.79. The number of anilines is 1. The van der Waals surface area contributed by atoms with Crippen LogP contribution in [0.1, 0.15) is 25.0 Å². The van der Waals surface area contributed by atoms with E-state index in [2.05, 4.69) is 5.32 Å². The molecule has 0 fully saturated rings. The standard InChI is InChI=1S/C23H22N2O5/c1-3-27-20-10-15-8-14(2)30-21(15)11-16(20)9-17(13-24)23(26)25-18-4-5-19-22(12-18)29-7-6-28-19/h4-5,9-12,14H,3,6-8H2,1-2H3,(H,25,26). The predicted octanol–water partition coefficient (Wildman–Crippen LogP) is 3.73. The minimum absolute atomic E-state index is 0.0446. The molecule has 4 rings (SSSR count). The molecule has 154 valence electrons. The van der Waals surface area contributed by atoms with E-state index in [0.717, 1.165) is 17.7 Å². The lowest BCUT2D eigenvalue weighted by atomic mass is 10.0. The Hall–Kier alpha value is -3.66. The Morgan fingerprint density at radius 2 is 2.03 bits per heavy atom. The van der Waals surface area contributed by atoms with E-state index < -0.39 is 5.91 Å². The van der Waals surface area contributed by atoms with Crippen molar-refractivity contribution in [3.63, 3.8) is 0 Å². The summed E-state index contributed by atoms with van der Waals surface area (Å²) in [5, 5.41) is 12.3. The molecule has 0 saturated heterocycles. The van der Waals surface area contributed by atoms with Gasteiger partial charge in [-0.3, -0.25) is 4.79 Å². The number of carbonyl (C=O) groups is 1. The van der Waals surface area contributed by atoms with Crippen molar-refractivity contribution in [1.82, 2.24) is 0 Å². The number of nitrogens with one attached hydrogen (secondary N) is 1. The highest BCUT2D eigenvalue weighted by Crippen LogP contribution is 2.36. The monoisotopic (exact) mass is 406 g/mol. The summed E-state index contributed by atoms with van der Waals surface area (Å²) < 4.78 is 22.6. The van der Waals surface area contributed by atoms with Crippen LogP contribution < -0.4 is 24.3 Å². The van der Waals surface area contributed by atoms with Crippen molar-refractivity contribution in [1.29, 1.82) is 5.26 Å². The largest absolute Gasteiger partial charge is 0.493 e. The quantitative estimate of drug-likeness (QED) is 0.601. The van der Waals surface area contributed by atoms with Gasteiger partial charge in [0.15, 0.2) is 11.5 Å². The van der Waals surface area contributed by atoms with E-state index in [0.29, 0.717) is 48.3 Å². The smallest absolute Gasteiger partial charge is 0.266 e. The Labute approximate surface area is 174 Å². The fourth-order valence-corrected chi connectivity index (χ4v) is 3.47. The van der Waals surface area contributed by atoms with Crippen LogP contribution >= 0.6 is 0 Å². The lowest BCUT2D eigenvalue weighted by Gasteiger charge is -2.19. The zero-order chi connectivity index (χ0) is 21.1. The van der Waals surface area contributed by atoms with Gasteiger partial charge < -0.3 is 24.3 Å². The molecule has 30 heavy (non-hydrogen) atoms. The molecule has 2 aromatic rings. The van der Waals surface area contributed by atoms with Crippen molar-refractivity contribution in [2.24, 2.45) is 0 Å². The van der Waals surface area contributed by atoms with Gasteiger partial charge in [-0.2, -0.15) is 5.26 Å². The lowest BCUT2D eigenvalue weighted by molar-refractivity contribution is -0.112. The molecule has 1 atom stereocenters. The summed E-state index contributed by atoms with van der Waals surface area (Å²) >= 11 is 0. The molecule has 0 saturated carbocycles. The zero-order valence-corrected chi connectivity index (χ0v) is 16.9. The van der Waals surface area contributed by atoms with Crippen LogP contribution in [0, 0.1) is 11.3 Å². The number of hydrogen-bond acceptors (Lipinski definition) is 6. The highest BCUT2D eigenvalue weighted by atomic mass is 16.6. The van der Waals surface area contributed by atoms with Gasteiger partial charge in [-0.15, -0.1) is 0 Å². The third kappa shape index (κ3) is 4.03. The summed E-state index contributed by atoms with van der Waals surface area (Å²) in [5.74, 6) is 2.04. The Morgan fingerprint density at radius 3 is 2.80 bits per heavy atom. The van der Waals surface area contributed by atoms with Crippen molar-refractivity contribution in [3.05, 3.63) is 47.0 Å². The van der Waals surface area contributed by atoms with Crippen LogP contribution in [0.15, 0.2) is 35.9 Å². The minimum Gasteiger partial charge on any atom is -0.493 e. The Kier molecular flexibility index (Phi) is 5.48. The maximum absolute atomic E-state index is 12.7. The summed E-state index contributed by atoms with van der Waals surface area (Å²) in [7, 11) is 0. The molecule has 7 heteroatoms. The summed E-state index contributed by atoms with van der Waals surface area (Å²) in [6.07, 6.45) is 2.41. The van der Waals surface area contributed by atoms with E-state index >= 15 is 0 Å². The molecule has 1 N–H and O–H groups in total. The number of benzene rings is 2. The van der Waals surface area contributed by atoms with Crippen LogP contribution in [0.2, 0.25) is 0 Å². The van der Waals surface area contributed by atoms with Gasteiger partial charge in [-0.1, -0.05) is 0 Å². The van der Waals surface area contributed by atoms with Crippen LogP contribution in [0.4, 0.5) is 5.69 Å². The van der Waals surface area contributed by atoms with Crippen LogP contribution in [0.25, 0.3) is 6.08 Å². The van der Waals surface area contributed by atoms with E-state index in [1.807, 2.05) is 32.0 Å². The molecule has 2 aliphatic rings. The Bertz CT molecular complexity index is 1050. The molecule has 1 unspecified atom stereocenters. The second kappa shape index (κ2) is 8.37. The summed E-state index contributed by atoms with van der Waals surface area (Å²) in [4.78, 5) is 12.7. The number of amides is 1. The van der Waals surface area contributed by atoms with Crippen LogP contribution in [0.5, 0.6) is 23.0 Å². The predicted molar refractivity (Wildman–Crippen MR) is 111 cm³/mol. The molecule has 0 aromatic heterocycles. The number of fused-ring (bicyclic) bond motifs is 2. The average Bonchev–Trinajstić information content (AvgIpc) is 3.10. The highest BCUT2D eigenvalue weighted by Gasteiger charge is 2.22. The SMILES string of the molecule is CCOc1cc2c(cc1C=C(C#N)C(=O)Nc1ccc3c(c1)OCCO3)OC(C)C2. The van der Waals surface area contributed by atoms with Gasteiger partial charge in [0.2, 0.25) is 0 Å². The number of carbonyl (C=O) groups excluding carboxylic acids is 1. The first-order valence-electron chi connectivity index (χ1n) is 9.86. The van der Waals surface area contributed by atoms with Crippen molar-refractivity contribution in [2.75, 3.05) is 25.1 Å². The van der Waals surface area contributed by atoms with Crippen molar-refractivity contribution in [3.8, 4) is 29.1 Å². The molecule has 0 spiro atoms. The average molecular weight is 406 g/mol. The number of hydrogen-bond donors (Lipinski definition) is 1. The summed E-state index contributed by atoms with van der Waals surface area (Å²) in [5.41, 5.74) is 2.15. The zero-order valence-electron chi connectivity index (χ0n) is 16.9. The van der Waals surface area contributed by atoms with Gasteiger partial charge in [0.25, 0.3) is 5.91 Å². The maximum atomic E-state index is 12.7. The topological polar surface area (TPSA) is 89.8 Å². The molecule has 7 nitrogen and oxygen atoms in total. The minimum atomic E-state index is -0.522. The number of nitriles is 1. The van der Waals surface area contributed by atoms with Crippen LogP contribution in [-0.4, -0.2) is 31.8 Å². The third-order valence-corrected chi connectivity index (χ3v) is 4.79. The summed E-state index contributed by atoms with van der Waals surface area (Å²) in [6.45, 7) is 5.30. The number of ether oxygens (including phenoxy) is 4. The maximum Gasteiger partial charge on any atom is 0.266 e. The van der Waals surface area contributed by atoms with Gasteiger partial charge in [-0.05, 0) is 44.2 Å². The first-order chi connectivity index (χ1) is 14.6. The second-order valence-corrected chi connectivity index (χ2v) is 7.05. The van der Waals surface area contributed by atoms with Gasteiger partial charge in [-0.25, -0.2) is 0 Å². The lowest BCUT2D eigenvalue weighted by Crippen LogP contribution is -2.17. The molecule has 2 aliphatic heterocycles. The van der Waals surface area contributed by atoms with Gasteiger partial charge in [0, 0.05) is 29.3 Å². The Balaban J connectivity index is 1.60. The Morgan fingerprint density at radius 1 is 1.23 bits per heavy atom. The van der Waals surface area contributed by atoms with Crippen molar-refractivity contribution >= 4 is 17.7 Å². The van der Waals surface area contributed by atoms with Gasteiger partial charge in [0.05, 0.1) is 6.61 Å². The molecule has 2 aromatic carbocycles. The van der Waals surface area contributed by atoms with Crippen LogP contribution in [-0.2, 0) is 11.2 Å². The molecular formula is C23H22N2O5. The second-order valence-electron chi connectivity index (χ2n) is 7.05. The normalized spacial score (nSPS) is 16.8. The molecule has 0 bridgehead atoms. The highest BCUT2D eigenvalue weighted by molar-refractivity contribution is 6.10. The van der Waals surface area contributed by atoms with E-state index in [4.69, 9.17) is 18.9 Å². The van der Waals surface area contributed by atoms with Crippen molar-refractivity contribution in [2.45, 2.75) is 26.4 Å². The first-order valence-corrected chi connectivity index (χ1v) is 9.86. The fourth-order valence-electron chi connectivity index (χ4n) is 3.47. The number of nitrogens with zero attached hydrogens (tertiary/aromatic N) is 1. The summed E-state index contributed by atoms with van der Waals surface area (Å²) in [6, 6.07) is 10.8.